The van der Waals surface area contributed by atoms with E-state index >= 15 is 0 Å². The number of hydrogen-bond donors (Lipinski definition) is 0. The van der Waals surface area contributed by atoms with Crippen LogP contribution in [-0.2, 0) is 16.1 Å². The molecule has 0 aromatic heterocycles. The zero-order valence-electron chi connectivity index (χ0n) is 13.1. The molecule has 1 heterocycles. The molecule has 0 bridgehead atoms. The average Bonchev–Trinajstić information content (AvgIpc) is 2.70. The van der Waals surface area contributed by atoms with E-state index in [2.05, 4.69) is 0 Å². The summed E-state index contributed by atoms with van der Waals surface area (Å²) in [5.41, 5.74) is 1.00. The van der Waals surface area contributed by atoms with Gasteiger partial charge in [-0.05, 0) is 37.5 Å². The van der Waals surface area contributed by atoms with Crippen molar-refractivity contribution in [2.45, 2.75) is 39.2 Å². The zero-order valence-corrected chi connectivity index (χ0v) is 13.8. The van der Waals surface area contributed by atoms with Crippen molar-refractivity contribution in [3.8, 4) is 0 Å². The minimum absolute atomic E-state index is 0.00211. The molecule has 1 saturated heterocycles. The maximum atomic E-state index is 12.5. The lowest BCUT2D eigenvalue weighted by Crippen LogP contribution is -2.42. The smallest absolute Gasteiger partial charge is 0.242 e. The number of carbonyl (C=O) groups excluding carboxylic acids is 2. The quantitative estimate of drug-likeness (QED) is 0.836. The third kappa shape index (κ3) is 4.73. The second kappa shape index (κ2) is 8.18. The van der Waals surface area contributed by atoms with Crippen molar-refractivity contribution in [3.05, 3.63) is 34.9 Å². The van der Waals surface area contributed by atoms with E-state index in [1.165, 1.54) is 0 Å². The van der Waals surface area contributed by atoms with Crippen LogP contribution in [0.25, 0.3) is 0 Å². The van der Waals surface area contributed by atoms with Crippen LogP contribution in [0.1, 0.15) is 38.2 Å². The predicted octanol–water partition coefficient (Wildman–Crippen LogP) is 3.09. The summed E-state index contributed by atoms with van der Waals surface area (Å²) in [7, 11) is 0. The number of rotatable bonds is 5. The first-order chi connectivity index (χ1) is 10.6. The van der Waals surface area contributed by atoms with Gasteiger partial charge >= 0.3 is 0 Å². The van der Waals surface area contributed by atoms with Gasteiger partial charge in [-0.25, -0.2) is 0 Å². The first-order valence-corrected chi connectivity index (χ1v) is 8.28. The molecule has 0 unspecified atom stereocenters. The molecule has 0 atom stereocenters. The van der Waals surface area contributed by atoms with E-state index in [-0.39, 0.29) is 18.4 Å². The molecule has 1 aliphatic rings. The lowest BCUT2D eigenvalue weighted by atomic mass is 10.2. The van der Waals surface area contributed by atoms with Crippen LogP contribution in [0.3, 0.4) is 0 Å². The van der Waals surface area contributed by atoms with Crippen molar-refractivity contribution in [3.63, 3.8) is 0 Å². The highest BCUT2D eigenvalue weighted by Crippen LogP contribution is 2.14. The van der Waals surface area contributed by atoms with Gasteiger partial charge in [-0.2, -0.15) is 0 Å². The van der Waals surface area contributed by atoms with Gasteiger partial charge in [-0.3, -0.25) is 9.59 Å². The molecule has 0 N–H and O–H groups in total. The van der Waals surface area contributed by atoms with Gasteiger partial charge in [0.15, 0.2) is 0 Å². The maximum Gasteiger partial charge on any atom is 0.242 e. The summed E-state index contributed by atoms with van der Waals surface area (Å²) in [6.07, 6.45) is 3.55. The Morgan fingerprint density at radius 3 is 2.86 bits per heavy atom. The van der Waals surface area contributed by atoms with Gasteiger partial charge in [0.2, 0.25) is 11.8 Å². The highest BCUT2D eigenvalue weighted by Gasteiger charge is 2.21. The largest absolute Gasteiger partial charge is 0.337 e. The molecule has 1 aliphatic heterocycles. The summed E-state index contributed by atoms with van der Waals surface area (Å²) in [4.78, 5) is 28.0. The van der Waals surface area contributed by atoms with Gasteiger partial charge in [-0.15, -0.1) is 0 Å². The van der Waals surface area contributed by atoms with Crippen LogP contribution in [-0.4, -0.2) is 41.2 Å². The second-order valence-electron chi connectivity index (χ2n) is 5.66. The molecule has 4 nitrogen and oxygen atoms in total. The Morgan fingerprint density at radius 2 is 2.14 bits per heavy atom. The molecular formula is C17H23ClN2O2. The summed E-state index contributed by atoms with van der Waals surface area (Å²) in [6.45, 7) is 3.98. The van der Waals surface area contributed by atoms with Crippen molar-refractivity contribution < 1.29 is 9.59 Å². The number of likely N-dealkylation sites (tertiary alicyclic amines) is 1. The molecular weight excluding hydrogens is 300 g/mol. The van der Waals surface area contributed by atoms with Crippen molar-refractivity contribution in [2.24, 2.45) is 0 Å². The molecule has 0 aliphatic carbocycles. The van der Waals surface area contributed by atoms with E-state index in [4.69, 9.17) is 11.6 Å². The van der Waals surface area contributed by atoms with Gasteiger partial charge in [0, 0.05) is 31.1 Å². The first-order valence-electron chi connectivity index (χ1n) is 7.90. The van der Waals surface area contributed by atoms with Crippen LogP contribution in [0.15, 0.2) is 24.3 Å². The summed E-state index contributed by atoms with van der Waals surface area (Å²) >= 11 is 5.99. The number of nitrogens with zero attached hydrogens (tertiary/aromatic N) is 2. The van der Waals surface area contributed by atoms with Crippen LogP contribution in [0.4, 0.5) is 0 Å². The molecule has 22 heavy (non-hydrogen) atoms. The number of likely N-dealkylation sites (N-methyl/N-ethyl adjacent to an activating group) is 1. The number of carbonyl (C=O) groups is 2. The topological polar surface area (TPSA) is 40.6 Å². The van der Waals surface area contributed by atoms with E-state index in [9.17, 15) is 9.59 Å². The standard InChI is InChI=1S/C17H23ClN2O2/c1-2-19(12-14-7-6-8-15(18)11-14)17(22)13-20-10-5-3-4-9-16(20)21/h6-8,11H,2-5,9-10,12-13H2,1H3. The third-order valence-electron chi connectivity index (χ3n) is 3.99. The van der Waals surface area contributed by atoms with E-state index < -0.39 is 0 Å². The van der Waals surface area contributed by atoms with E-state index in [0.29, 0.717) is 31.1 Å². The van der Waals surface area contributed by atoms with Crippen LogP contribution < -0.4 is 0 Å². The number of halogens is 1. The maximum absolute atomic E-state index is 12.5. The van der Waals surface area contributed by atoms with Crippen LogP contribution in [0, 0.1) is 0 Å². The fourth-order valence-electron chi connectivity index (χ4n) is 2.70. The van der Waals surface area contributed by atoms with Gasteiger partial charge in [0.1, 0.15) is 0 Å². The van der Waals surface area contributed by atoms with Gasteiger partial charge in [0.25, 0.3) is 0 Å². The normalized spacial score (nSPS) is 15.5. The molecule has 5 heteroatoms. The Hall–Kier alpha value is -1.55. The molecule has 0 radical (unpaired) electrons. The molecule has 1 aromatic carbocycles. The minimum atomic E-state index is -0.00211. The summed E-state index contributed by atoms with van der Waals surface area (Å²) < 4.78 is 0. The van der Waals surface area contributed by atoms with Gasteiger partial charge in [-0.1, -0.05) is 30.2 Å². The van der Waals surface area contributed by atoms with Crippen molar-refractivity contribution >= 4 is 23.4 Å². The lowest BCUT2D eigenvalue weighted by molar-refractivity contribution is -0.140. The predicted molar refractivity (Wildman–Crippen MR) is 87.6 cm³/mol. The molecule has 0 saturated carbocycles. The Labute approximate surface area is 137 Å². The average molecular weight is 323 g/mol. The van der Waals surface area contributed by atoms with Crippen molar-refractivity contribution in [2.75, 3.05) is 19.6 Å². The molecule has 0 spiro atoms. The monoisotopic (exact) mass is 322 g/mol. The third-order valence-corrected chi connectivity index (χ3v) is 4.23. The highest BCUT2D eigenvalue weighted by molar-refractivity contribution is 6.30. The summed E-state index contributed by atoms with van der Waals surface area (Å²) in [6, 6.07) is 7.53. The summed E-state index contributed by atoms with van der Waals surface area (Å²) in [5, 5.41) is 0.670. The number of benzene rings is 1. The van der Waals surface area contributed by atoms with E-state index in [1.54, 1.807) is 9.80 Å². The highest BCUT2D eigenvalue weighted by atomic mass is 35.5. The second-order valence-corrected chi connectivity index (χ2v) is 6.10. The molecule has 1 fully saturated rings. The lowest BCUT2D eigenvalue weighted by Gasteiger charge is -2.26. The molecule has 120 valence electrons. The van der Waals surface area contributed by atoms with Crippen LogP contribution in [0.5, 0.6) is 0 Å². The Bertz CT molecular complexity index is 533. The van der Waals surface area contributed by atoms with Crippen molar-refractivity contribution in [1.82, 2.24) is 9.80 Å². The van der Waals surface area contributed by atoms with E-state index in [1.807, 2.05) is 31.2 Å². The molecule has 2 rings (SSSR count). The fourth-order valence-corrected chi connectivity index (χ4v) is 2.91. The Kier molecular flexibility index (Phi) is 6.25. The Morgan fingerprint density at radius 1 is 1.32 bits per heavy atom. The summed E-state index contributed by atoms with van der Waals surface area (Å²) in [5.74, 6) is 0.0994. The molecule has 2 amide bonds. The minimum Gasteiger partial charge on any atom is -0.337 e. The number of hydrogen-bond acceptors (Lipinski definition) is 2. The van der Waals surface area contributed by atoms with E-state index in [0.717, 1.165) is 24.8 Å². The SMILES string of the molecule is CCN(Cc1cccc(Cl)c1)C(=O)CN1CCCCCC1=O. The van der Waals surface area contributed by atoms with Crippen LogP contribution in [0.2, 0.25) is 5.02 Å². The number of amides is 2. The zero-order chi connectivity index (χ0) is 15.9. The van der Waals surface area contributed by atoms with Crippen LogP contribution >= 0.6 is 11.6 Å². The first kappa shape index (κ1) is 16.8. The van der Waals surface area contributed by atoms with Gasteiger partial charge in [0.05, 0.1) is 6.54 Å². The van der Waals surface area contributed by atoms with Crippen molar-refractivity contribution in [1.29, 1.82) is 0 Å². The van der Waals surface area contributed by atoms with Gasteiger partial charge < -0.3 is 9.80 Å². The molecule has 1 aromatic rings. The Balaban J connectivity index is 1.97. The fraction of sp³-hybridized carbons (Fsp3) is 0.529.